The van der Waals surface area contributed by atoms with Gasteiger partial charge in [-0.05, 0) is 26.7 Å². The summed E-state index contributed by atoms with van der Waals surface area (Å²) in [7, 11) is 0. The second-order valence-electron chi connectivity index (χ2n) is 4.12. The van der Waals surface area contributed by atoms with Crippen molar-refractivity contribution in [1.82, 2.24) is 10.6 Å². The van der Waals surface area contributed by atoms with E-state index in [-0.39, 0.29) is 12.6 Å². The molecule has 0 saturated carbocycles. The number of carbonyl (C=O) groups excluding carboxylic acids is 1. The molecule has 7 heteroatoms. The average Bonchev–Trinajstić information content (AvgIpc) is 2.29. The number of aliphatic carboxylic acids is 1. The van der Waals surface area contributed by atoms with Crippen molar-refractivity contribution in [1.29, 1.82) is 0 Å². The van der Waals surface area contributed by atoms with Gasteiger partial charge in [0.1, 0.15) is 0 Å². The smallest absolute Gasteiger partial charge is 0.334 e. The second-order valence-corrected chi connectivity index (χ2v) is 4.12. The lowest BCUT2D eigenvalue weighted by Crippen LogP contribution is -2.42. The van der Waals surface area contributed by atoms with Crippen molar-refractivity contribution in [3.05, 3.63) is 0 Å². The largest absolute Gasteiger partial charge is 0.479 e. The normalized spacial score (nSPS) is 12.2. The zero-order valence-electron chi connectivity index (χ0n) is 10.8. The summed E-state index contributed by atoms with van der Waals surface area (Å²) in [4.78, 5) is 21.4. The number of amides is 2. The number of carbonyl (C=O) groups is 2. The molecule has 0 aliphatic heterocycles. The van der Waals surface area contributed by atoms with Gasteiger partial charge in [0, 0.05) is 13.2 Å². The van der Waals surface area contributed by atoms with Crippen molar-refractivity contribution < 1.29 is 24.5 Å². The van der Waals surface area contributed by atoms with Crippen LogP contribution in [-0.2, 0) is 9.53 Å². The highest BCUT2D eigenvalue weighted by Gasteiger charge is 2.13. The molecule has 0 heterocycles. The van der Waals surface area contributed by atoms with Gasteiger partial charge in [0.15, 0.2) is 6.10 Å². The molecule has 106 valence electrons. The Labute approximate surface area is 107 Å². The number of carboxylic acid groups (broad SMARTS) is 1. The molecule has 0 aromatic heterocycles. The van der Waals surface area contributed by atoms with Crippen LogP contribution in [0.25, 0.3) is 0 Å². The molecule has 0 radical (unpaired) electrons. The highest BCUT2D eigenvalue weighted by atomic mass is 16.5. The van der Waals surface area contributed by atoms with Crippen LogP contribution in [0.1, 0.15) is 26.7 Å². The minimum absolute atomic E-state index is 0.207. The van der Waals surface area contributed by atoms with Crippen LogP contribution in [0.4, 0.5) is 4.79 Å². The maximum atomic E-state index is 11.2. The minimum atomic E-state index is -1.57. The van der Waals surface area contributed by atoms with Crippen LogP contribution in [0.5, 0.6) is 0 Å². The number of aliphatic hydroxyl groups is 1. The Morgan fingerprint density at radius 3 is 2.44 bits per heavy atom. The standard InChI is InChI=1S/C11H22N2O5/c1-8(2)18-6-4-3-5-12-11(17)13-7-9(14)10(15)16/h8-9,14H,3-7H2,1-2H3,(H,15,16)(H2,12,13,17)/t9-/m0/s1. The van der Waals surface area contributed by atoms with Gasteiger partial charge < -0.3 is 25.6 Å². The molecule has 4 N–H and O–H groups in total. The van der Waals surface area contributed by atoms with Crippen LogP contribution in [0.2, 0.25) is 0 Å². The molecule has 7 nitrogen and oxygen atoms in total. The summed E-state index contributed by atoms with van der Waals surface area (Å²) in [6.45, 7) is 4.74. The van der Waals surface area contributed by atoms with E-state index in [4.69, 9.17) is 14.9 Å². The van der Waals surface area contributed by atoms with E-state index in [1.807, 2.05) is 13.8 Å². The van der Waals surface area contributed by atoms with Crippen LogP contribution in [0.3, 0.4) is 0 Å². The highest BCUT2D eigenvalue weighted by Crippen LogP contribution is 1.93. The first-order valence-corrected chi connectivity index (χ1v) is 5.97. The third-order valence-electron chi connectivity index (χ3n) is 2.05. The number of hydrogen-bond donors (Lipinski definition) is 4. The van der Waals surface area contributed by atoms with Crippen molar-refractivity contribution >= 4 is 12.0 Å². The Bertz CT molecular complexity index is 258. The van der Waals surface area contributed by atoms with Gasteiger partial charge in [-0.2, -0.15) is 0 Å². The Kier molecular flexibility index (Phi) is 8.95. The molecule has 0 aliphatic carbocycles. The molecule has 0 spiro atoms. The van der Waals surface area contributed by atoms with Crippen LogP contribution >= 0.6 is 0 Å². The van der Waals surface area contributed by atoms with Gasteiger partial charge in [-0.3, -0.25) is 0 Å². The number of urea groups is 1. The predicted octanol–water partition coefficient (Wildman–Crippen LogP) is -0.0637. The monoisotopic (exact) mass is 262 g/mol. The predicted molar refractivity (Wildman–Crippen MR) is 65.4 cm³/mol. The number of unbranched alkanes of at least 4 members (excludes halogenated alkanes) is 1. The Hall–Kier alpha value is -1.34. The molecule has 0 bridgehead atoms. The minimum Gasteiger partial charge on any atom is -0.479 e. The van der Waals surface area contributed by atoms with Crippen LogP contribution in [0, 0.1) is 0 Å². The quantitative estimate of drug-likeness (QED) is 0.435. The van der Waals surface area contributed by atoms with E-state index >= 15 is 0 Å². The first-order chi connectivity index (χ1) is 8.43. The molecular formula is C11H22N2O5. The van der Waals surface area contributed by atoms with Gasteiger partial charge in [-0.15, -0.1) is 0 Å². The fraction of sp³-hybridized carbons (Fsp3) is 0.818. The number of nitrogens with one attached hydrogen (secondary N) is 2. The van der Waals surface area contributed by atoms with E-state index < -0.39 is 18.1 Å². The van der Waals surface area contributed by atoms with E-state index in [1.165, 1.54) is 0 Å². The van der Waals surface area contributed by atoms with E-state index in [0.717, 1.165) is 12.8 Å². The fourth-order valence-corrected chi connectivity index (χ4v) is 1.09. The highest BCUT2D eigenvalue weighted by molar-refractivity contribution is 5.76. The Morgan fingerprint density at radius 1 is 1.22 bits per heavy atom. The molecule has 0 fully saturated rings. The van der Waals surface area contributed by atoms with Crippen molar-refractivity contribution in [3.63, 3.8) is 0 Å². The van der Waals surface area contributed by atoms with Gasteiger partial charge >= 0.3 is 12.0 Å². The first-order valence-electron chi connectivity index (χ1n) is 5.97. The number of ether oxygens (including phenoxy) is 1. The molecule has 0 rings (SSSR count). The molecule has 0 aromatic carbocycles. The number of rotatable bonds is 9. The van der Waals surface area contributed by atoms with E-state index in [2.05, 4.69) is 10.6 Å². The number of hydrogen-bond acceptors (Lipinski definition) is 4. The summed E-state index contributed by atoms with van der Waals surface area (Å²) in [5.41, 5.74) is 0. The van der Waals surface area contributed by atoms with Crippen LogP contribution < -0.4 is 10.6 Å². The molecular weight excluding hydrogens is 240 g/mol. The van der Waals surface area contributed by atoms with Gasteiger partial charge in [-0.1, -0.05) is 0 Å². The Morgan fingerprint density at radius 2 is 1.89 bits per heavy atom. The van der Waals surface area contributed by atoms with E-state index in [0.29, 0.717) is 13.2 Å². The van der Waals surface area contributed by atoms with Crippen molar-refractivity contribution in [2.24, 2.45) is 0 Å². The van der Waals surface area contributed by atoms with Gasteiger partial charge in [0.2, 0.25) is 0 Å². The van der Waals surface area contributed by atoms with E-state index in [1.54, 1.807) is 0 Å². The SMILES string of the molecule is CC(C)OCCCCNC(=O)NC[C@H](O)C(=O)O. The number of carboxylic acids is 1. The lowest BCUT2D eigenvalue weighted by Gasteiger charge is -2.10. The summed E-state index contributed by atoms with van der Waals surface area (Å²) in [6.07, 6.45) is 0.256. The van der Waals surface area contributed by atoms with Gasteiger partial charge in [0.05, 0.1) is 12.6 Å². The summed E-state index contributed by atoms with van der Waals surface area (Å²) in [5.74, 6) is -1.36. The summed E-state index contributed by atoms with van der Waals surface area (Å²) in [5, 5.41) is 22.1. The van der Waals surface area contributed by atoms with Crippen LogP contribution in [-0.4, -0.2) is 54.1 Å². The third kappa shape index (κ3) is 9.86. The second kappa shape index (κ2) is 9.67. The lowest BCUT2D eigenvalue weighted by atomic mass is 10.3. The fourth-order valence-electron chi connectivity index (χ4n) is 1.09. The van der Waals surface area contributed by atoms with Crippen molar-refractivity contribution in [3.8, 4) is 0 Å². The van der Waals surface area contributed by atoms with Crippen molar-refractivity contribution in [2.75, 3.05) is 19.7 Å². The molecule has 0 aromatic rings. The first kappa shape index (κ1) is 16.7. The summed E-state index contributed by atoms with van der Waals surface area (Å²) < 4.78 is 5.33. The topological polar surface area (TPSA) is 108 Å². The molecule has 2 amide bonds. The van der Waals surface area contributed by atoms with Crippen LogP contribution in [0.15, 0.2) is 0 Å². The van der Waals surface area contributed by atoms with Crippen molar-refractivity contribution in [2.45, 2.75) is 38.9 Å². The molecule has 0 saturated heterocycles. The summed E-state index contributed by atoms with van der Waals surface area (Å²) >= 11 is 0. The lowest BCUT2D eigenvalue weighted by molar-refractivity contribution is -0.146. The Balaban J connectivity index is 3.40. The van der Waals surface area contributed by atoms with Gasteiger partial charge in [-0.25, -0.2) is 9.59 Å². The zero-order valence-corrected chi connectivity index (χ0v) is 10.8. The number of aliphatic hydroxyl groups excluding tert-OH is 1. The maximum Gasteiger partial charge on any atom is 0.334 e. The molecule has 18 heavy (non-hydrogen) atoms. The van der Waals surface area contributed by atoms with E-state index in [9.17, 15) is 9.59 Å². The third-order valence-corrected chi connectivity index (χ3v) is 2.05. The molecule has 0 unspecified atom stereocenters. The average molecular weight is 262 g/mol. The zero-order chi connectivity index (χ0) is 14.0. The molecule has 0 aliphatic rings. The molecule has 1 atom stereocenters. The maximum absolute atomic E-state index is 11.2. The summed E-state index contributed by atoms with van der Waals surface area (Å²) in [6, 6.07) is -0.486. The van der Waals surface area contributed by atoms with Gasteiger partial charge in [0.25, 0.3) is 0 Å².